The van der Waals surface area contributed by atoms with E-state index in [9.17, 15) is 13.6 Å². The van der Waals surface area contributed by atoms with Gasteiger partial charge in [0.2, 0.25) is 0 Å². The lowest BCUT2D eigenvalue weighted by atomic mass is 10.0. The molecule has 3 aromatic carbocycles. The fourth-order valence-corrected chi connectivity index (χ4v) is 3.04. The van der Waals surface area contributed by atoms with Gasteiger partial charge in [-0.15, -0.1) is 0 Å². The molecule has 128 valence electrons. The summed E-state index contributed by atoms with van der Waals surface area (Å²) in [6, 6.07) is 20.0. The zero-order valence-corrected chi connectivity index (χ0v) is 13.8. The second-order valence-corrected chi connectivity index (χ2v) is 6.15. The molecule has 0 radical (unpaired) electrons. The van der Waals surface area contributed by atoms with Gasteiger partial charge in [0.1, 0.15) is 11.6 Å². The lowest BCUT2D eigenvalue weighted by Crippen LogP contribution is -2.20. The maximum atomic E-state index is 13.8. The molecule has 26 heavy (non-hydrogen) atoms. The Bertz CT molecular complexity index is 1150. The summed E-state index contributed by atoms with van der Waals surface area (Å²) < 4.78 is 28.4. The summed E-state index contributed by atoms with van der Waals surface area (Å²) in [7, 11) is 0. The number of fused-ring (bicyclic) bond motifs is 1. The number of nitrogens with zero attached hydrogens (tertiary/aromatic N) is 1. The van der Waals surface area contributed by atoms with Crippen LogP contribution in [-0.2, 0) is 6.54 Å². The molecule has 0 N–H and O–H groups in total. The van der Waals surface area contributed by atoms with E-state index in [-0.39, 0.29) is 23.7 Å². The Morgan fingerprint density at radius 2 is 1.54 bits per heavy atom. The monoisotopic (exact) mass is 347 g/mol. The van der Waals surface area contributed by atoms with Crippen LogP contribution in [0.2, 0.25) is 0 Å². The fourth-order valence-electron chi connectivity index (χ4n) is 3.04. The average Bonchev–Trinajstić information content (AvgIpc) is 2.66. The quantitative estimate of drug-likeness (QED) is 0.511. The number of pyridine rings is 1. The van der Waals surface area contributed by atoms with E-state index >= 15 is 0 Å². The number of rotatable bonds is 3. The van der Waals surface area contributed by atoms with Crippen molar-refractivity contribution in [2.75, 3.05) is 0 Å². The van der Waals surface area contributed by atoms with Gasteiger partial charge in [0.25, 0.3) is 5.56 Å². The van der Waals surface area contributed by atoms with Gasteiger partial charge in [-0.05, 0) is 52.9 Å². The number of hydrogen-bond donors (Lipinski definition) is 0. The minimum Gasteiger partial charge on any atom is -0.310 e. The molecule has 2 nitrogen and oxygen atoms in total. The molecule has 1 heterocycles. The first-order valence-electron chi connectivity index (χ1n) is 8.24. The lowest BCUT2D eigenvalue weighted by Gasteiger charge is -2.09. The molecular weight excluding hydrogens is 332 g/mol. The van der Waals surface area contributed by atoms with Crippen LogP contribution < -0.4 is 5.56 Å². The highest BCUT2D eigenvalue weighted by Gasteiger charge is 2.08. The summed E-state index contributed by atoms with van der Waals surface area (Å²) in [5.74, 6) is -0.614. The van der Waals surface area contributed by atoms with Gasteiger partial charge in [-0.25, -0.2) is 8.78 Å². The number of benzene rings is 3. The van der Waals surface area contributed by atoms with Gasteiger partial charge in [0.05, 0.1) is 6.54 Å². The first kappa shape index (κ1) is 16.2. The first-order valence-corrected chi connectivity index (χ1v) is 8.24. The van der Waals surface area contributed by atoms with Gasteiger partial charge in [-0.3, -0.25) is 4.79 Å². The highest BCUT2D eigenvalue weighted by molar-refractivity contribution is 5.86. The molecule has 0 spiro atoms. The summed E-state index contributed by atoms with van der Waals surface area (Å²) >= 11 is 0. The van der Waals surface area contributed by atoms with Gasteiger partial charge in [0.15, 0.2) is 0 Å². The summed E-state index contributed by atoms with van der Waals surface area (Å²) in [5, 5.41) is 1.36. The van der Waals surface area contributed by atoms with Gasteiger partial charge >= 0.3 is 0 Å². The zero-order valence-electron chi connectivity index (χ0n) is 13.8. The molecule has 1 aromatic heterocycles. The molecule has 0 fully saturated rings. The van der Waals surface area contributed by atoms with Gasteiger partial charge < -0.3 is 4.57 Å². The van der Waals surface area contributed by atoms with Crippen LogP contribution in [0.4, 0.5) is 8.78 Å². The van der Waals surface area contributed by atoms with Crippen LogP contribution in [0.5, 0.6) is 0 Å². The van der Waals surface area contributed by atoms with Gasteiger partial charge in [0, 0.05) is 17.1 Å². The SMILES string of the molecule is O=c1c2ccc(-c3ccc(F)cc3)cc2ccn1Cc1ccccc1F. The molecule has 0 aliphatic carbocycles. The highest BCUT2D eigenvalue weighted by Crippen LogP contribution is 2.23. The molecule has 0 amide bonds. The molecule has 0 aliphatic rings. The zero-order chi connectivity index (χ0) is 18.1. The summed E-state index contributed by atoms with van der Waals surface area (Å²) in [4.78, 5) is 12.7. The Hall–Kier alpha value is -3.27. The van der Waals surface area contributed by atoms with E-state index in [2.05, 4.69) is 0 Å². The second kappa shape index (κ2) is 6.56. The van der Waals surface area contributed by atoms with Gasteiger partial charge in [-0.2, -0.15) is 0 Å². The van der Waals surface area contributed by atoms with Crippen LogP contribution >= 0.6 is 0 Å². The minimum absolute atomic E-state index is 0.170. The Balaban J connectivity index is 1.74. The van der Waals surface area contributed by atoms with E-state index in [1.54, 1.807) is 42.6 Å². The van der Waals surface area contributed by atoms with Crippen LogP contribution in [0.15, 0.2) is 83.8 Å². The van der Waals surface area contributed by atoms with E-state index < -0.39 is 0 Å². The van der Waals surface area contributed by atoms with Crippen molar-refractivity contribution in [3.8, 4) is 11.1 Å². The van der Waals surface area contributed by atoms with E-state index in [0.29, 0.717) is 10.9 Å². The molecule has 0 aliphatic heterocycles. The van der Waals surface area contributed by atoms with E-state index in [1.165, 1.54) is 22.8 Å². The molecule has 4 heteroatoms. The van der Waals surface area contributed by atoms with Crippen LogP contribution in [-0.4, -0.2) is 4.57 Å². The normalized spacial score (nSPS) is 11.0. The molecule has 4 aromatic rings. The third kappa shape index (κ3) is 3.02. The lowest BCUT2D eigenvalue weighted by molar-refractivity contribution is 0.597. The topological polar surface area (TPSA) is 22.0 Å². The Kier molecular flexibility index (Phi) is 4.09. The third-order valence-corrected chi connectivity index (χ3v) is 4.45. The van der Waals surface area contributed by atoms with Crippen molar-refractivity contribution >= 4 is 10.8 Å². The maximum Gasteiger partial charge on any atom is 0.258 e. The van der Waals surface area contributed by atoms with Crippen molar-refractivity contribution in [2.45, 2.75) is 6.54 Å². The minimum atomic E-state index is -0.328. The van der Waals surface area contributed by atoms with Crippen molar-refractivity contribution < 1.29 is 8.78 Å². The highest BCUT2D eigenvalue weighted by atomic mass is 19.1. The molecule has 0 saturated carbocycles. The Labute approximate surface area is 149 Å². The van der Waals surface area contributed by atoms with Crippen LogP contribution in [0, 0.1) is 11.6 Å². The molecule has 0 saturated heterocycles. The second-order valence-electron chi connectivity index (χ2n) is 6.15. The fraction of sp³-hybridized carbons (Fsp3) is 0.0455. The number of halogens is 2. The number of hydrogen-bond acceptors (Lipinski definition) is 1. The van der Waals surface area contributed by atoms with E-state index in [1.807, 2.05) is 18.2 Å². The average molecular weight is 347 g/mol. The summed E-state index contributed by atoms with van der Waals surface area (Å²) in [5.41, 5.74) is 2.08. The predicted molar refractivity (Wildman–Crippen MR) is 99.1 cm³/mol. The van der Waals surface area contributed by atoms with Gasteiger partial charge in [-0.1, -0.05) is 36.4 Å². The molecular formula is C22H15F2NO. The van der Waals surface area contributed by atoms with E-state index in [0.717, 1.165) is 16.5 Å². The van der Waals surface area contributed by atoms with E-state index in [4.69, 9.17) is 0 Å². The van der Waals surface area contributed by atoms with Crippen molar-refractivity contribution in [1.29, 1.82) is 0 Å². The van der Waals surface area contributed by atoms with Crippen molar-refractivity contribution in [1.82, 2.24) is 4.57 Å². The smallest absolute Gasteiger partial charge is 0.258 e. The standard InChI is InChI=1S/C22H15F2NO/c23-19-8-5-15(6-9-19)16-7-10-20-17(13-16)11-12-25(22(20)26)14-18-3-1-2-4-21(18)24/h1-13H,14H2. The summed E-state index contributed by atoms with van der Waals surface area (Å²) in [6.45, 7) is 0.182. The Morgan fingerprint density at radius 1 is 0.808 bits per heavy atom. The van der Waals surface area contributed by atoms with Crippen molar-refractivity contribution in [2.24, 2.45) is 0 Å². The van der Waals surface area contributed by atoms with Crippen LogP contribution in [0.1, 0.15) is 5.56 Å². The maximum absolute atomic E-state index is 13.8. The molecule has 4 rings (SSSR count). The Morgan fingerprint density at radius 3 is 2.31 bits per heavy atom. The molecule has 0 atom stereocenters. The summed E-state index contributed by atoms with van der Waals surface area (Å²) in [6.07, 6.45) is 1.67. The van der Waals surface area contributed by atoms with Crippen LogP contribution in [0.3, 0.4) is 0 Å². The van der Waals surface area contributed by atoms with Crippen LogP contribution in [0.25, 0.3) is 21.9 Å². The predicted octanol–water partition coefficient (Wildman–Crippen LogP) is 5.00. The molecule has 0 bridgehead atoms. The van der Waals surface area contributed by atoms with Crippen molar-refractivity contribution in [3.05, 3.63) is 107 Å². The molecule has 0 unspecified atom stereocenters. The largest absolute Gasteiger partial charge is 0.310 e. The third-order valence-electron chi connectivity index (χ3n) is 4.45. The number of aromatic nitrogens is 1. The van der Waals surface area contributed by atoms with Crippen molar-refractivity contribution in [3.63, 3.8) is 0 Å². The first-order chi connectivity index (χ1) is 12.6.